The fourth-order valence-corrected chi connectivity index (χ4v) is 2.29. The fourth-order valence-electron chi connectivity index (χ4n) is 2.29. The van der Waals surface area contributed by atoms with Crippen molar-refractivity contribution in [3.05, 3.63) is 76.1 Å². The Bertz CT molecular complexity index is 865. The molecular weight excluding hydrogens is 355 g/mol. The number of ether oxygens (including phenoxy) is 1. The molecule has 0 N–H and O–H groups in total. The van der Waals surface area contributed by atoms with Gasteiger partial charge in [-0.15, -0.1) is 0 Å². The lowest BCUT2D eigenvalue weighted by molar-refractivity contribution is -0.384. The Morgan fingerprint density at radius 2 is 1.93 bits per heavy atom. The van der Waals surface area contributed by atoms with E-state index in [1.165, 1.54) is 53.4 Å². The second-order valence-electron chi connectivity index (χ2n) is 5.41. The van der Waals surface area contributed by atoms with Crippen molar-refractivity contribution in [1.29, 1.82) is 0 Å². The molecule has 0 aliphatic rings. The summed E-state index contributed by atoms with van der Waals surface area (Å²) >= 11 is 0. The van der Waals surface area contributed by atoms with Crippen LogP contribution in [0.25, 0.3) is 6.08 Å². The summed E-state index contributed by atoms with van der Waals surface area (Å²) in [6.07, 6.45) is 2.44. The molecule has 2 rings (SSSR count). The molecule has 0 aromatic heterocycles. The van der Waals surface area contributed by atoms with E-state index in [0.717, 1.165) is 6.08 Å². The van der Waals surface area contributed by atoms with Crippen LogP contribution < -0.4 is 4.90 Å². The molecule has 7 nitrogen and oxygen atoms in total. The topological polar surface area (TPSA) is 89.8 Å². The van der Waals surface area contributed by atoms with Gasteiger partial charge < -0.3 is 9.64 Å². The lowest BCUT2D eigenvalue weighted by Gasteiger charge is -2.20. The average Bonchev–Trinajstić information content (AvgIpc) is 2.67. The van der Waals surface area contributed by atoms with Crippen molar-refractivity contribution < 1.29 is 23.6 Å². The summed E-state index contributed by atoms with van der Waals surface area (Å²) < 4.78 is 17.9. The zero-order valence-corrected chi connectivity index (χ0v) is 14.5. The maximum Gasteiger partial charge on any atom is 0.331 e. The Kier molecular flexibility index (Phi) is 6.76. The number of nitro benzene ring substituents is 1. The number of esters is 1. The summed E-state index contributed by atoms with van der Waals surface area (Å²) in [5.74, 6) is -1.63. The third-order valence-electron chi connectivity index (χ3n) is 3.59. The highest BCUT2D eigenvalue weighted by atomic mass is 19.1. The molecule has 0 spiro atoms. The van der Waals surface area contributed by atoms with Crippen LogP contribution in [0.2, 0.25) is 0 Å². The molecule has 0 aliphatic carbocycles. The van der Waals surface area contributed by atoms with Gasteiger partial charge in [-0.1, -0.05) is 12.1 Å². The summed E-state index contributed by atoms with van der Waals surface area (Å²) in [5, 5.41) is 10.7. The molecule has 27 heavy (non-hydrogen) atoms. The number of carbonyl (C=O) groups is 2. The van der Waals surface area contributed by atoms with Crippen LogP contribution in [-0.2, 0) is 14.3 Å². The molecule has 2 aromatic carbocycles. The number of non-ortho nitro benzene ring substituents is 1. The zero-order valence-electron chi connectivity index (χ0n) is 14.5. The minimum Gasteiger partial charge on any atom is -0.452 e. The number of anilines is 1. The minimum atomic E-state index is -0.759. The van der Waals surface area contributed by atoms with Gasteiger partial charge in [-0.25, -0.2) is 9.18 Å². The number of carbonyl (C=O) groups excluding carboxylic acids is 2. The number of benzene rings is 2. The van der Waals surface area contributed by atoms with E-state index in [4.69, 9.17) is 4.74 Å². The first-order chi connectivity index (χ1) is 12.9. The van der Waals surface area contributed by atoms with Crippen molar-refractivity contribution in [2.75, 3.05) is 18.1 Å². The van der Waals surface area contributed by atoms with Crippen molar-refractivity contribution in [2.45, 2.75) is 6.92 Å². The molecule has 0 unspecified atom stereocenters. The highest BCUT2D eigenvalue weighted by molar-refractivity contribution is 5.96. The number of rotatable bonds is 7. The Labute approximate surface area is 154 Å². The smallest absolute Gasteiger partial charge is 0.331 e. The van der Waals surface area contributed by atoms with Crippen LogP contribution >= 0.6 is 0 Å². The first-order valence-corrected chi connectivity index (χ1v) is 8.06. The maximum atomic E-state index is 13.0. The number of nitrogens with zero attached hydrogens (tertiary/aromatic N) is 2. The van der Waals surface area contributed by atoms with Gasteiger partial charge in [-0.3, -0.25) is 14.9 Å². The normalized spacial score (nSPS) is 10.6. The van der Waals surface area contributed by atoms with Gasteiger partial charge in [0.15, 0.2) is 6.61 Å². The van der Waals surface area contributed by atoms with Gasteiger partial charge in [-0.05, 0) is 42.8 Å². The van der Waals surface area contributed by atoms with Crippen LogP contribution in [0, 0.1) is 15.9 Å². The number of halogens is 1. The molecule has 0 saturated carbocycles. The maximum absolute atomic E-state index is 13.0. The molecular formula is C19H17FN2O5. The fraction of sp³-hybridized carbons (Fsp3) is 0.158. The van der Waals surface area contributed by atoms with E-state index in [9.17, 15) is 24.1 Å². The molecule has 0 saturated heterocycles. The quantitative estimate of drug-likeness (QED) is 0.322. The van der Waals surface area contributed by atoms with Crippen molar-refractivity contribution >= 4 is 29.3 Å². The number of nitro groups is 1. The Morgan fingerprint density at radius 1 is 1.22 bits per heavy atom. The minimum absolute atomic E-state index is 0.0985. The van der Waals surface area contributed by atoms with E-state index < -0.39 is 29.2 Å². The second-order valence-corrected chi connectivity index (χ2v) is 5.41. The predicted molar refractivity (Wildman–Crippen MR) is 97.5 cm³/mol. The first-order valence-electron chi connectivity index (χ1n) is 8.06. The first kappa shape index (κ1) is 19.8. The molecule has 140 valence electrons. The van der Waals surface area contributed by atoms with E-state index in [2.05, 4.69) is 0 Å². The van der Waals surface area contributed by atoms with E-state index in [1.54, 1.807) is 13.0 Å². The molecule has 0 aliphatic heterocycles. The largest absolute Gasteiger partial charge is 0.452 e. The molecule has 0 heterocycles. The molecule has 0 radical (unpaired) electrons. The van der Waals surface area contributed by atoms with Crippen LogP contribution in [-0.4, -0.2) is 30.0 Å². The van der Waals surface area contributed by atoms with E-state index in [1.807, 2.05) is 0 Å². The number of amides is 1. The molecule has 1 amide bonds. The van der Waals surface area contributed by atoms with Gasteiger partial charge in [0.05, 0.1) is 4.92 Å². The molecule has 0 fully saturated rings. The monoisotopic (exact) mass is 372 g/mol. The van der Waals surface area contributed by atoms with Gasteiger partial charge in [0.2, 0.25) is 0 Å². The lowest BCUT2D eigenvalue weighted by Crippen LogP contribution is -2.34. The van der Waals surface area contributed by atoms with Crippen LogP contribution in [0.4, 0.5) is 15.8 Å². The molecule has 0 bridgehead atoms. The van der Waals surface area contributed by atoms with Crippen molar-refractivity contribution in [1.82, 2.24) is 0 Å². The number of likely N-dealkylation sites (N-methyl/N-ethyl adjacent to an activating group) is 1. The van der Waals surface area contributed by atoms with Gasteiger partial charge in [0.1, 0.15) is 5.82 Å². The zero-order chi connectivity index (χ0) is 19.8. The summed E-state index contributed by atoms with van der Waals surface area (Å²) in [4.78, 5) is 35.5. The van der Waals surface area contributed by atoms with Crippen LogP contribution in [0.1, 0.15) is 12.5 Å². The Morgan fingerprint density at radius 3 is 2.56 bits per heavy atom. The lowest BCUT2D eigenvalue weighted by atomic mass is 10.2. The Balaban J connectivity index is 1.93. The van der Waals surface area contributed by atoms with Gasteiger partial charge in [-0.2, -0.15) is 0 Å². The highest BCUT2D eigenvalue weighted by Gasteiger charge is 2.15. The standard InChI is InChI=1S/C19H17FN2O5/c1-2-21(16-9-7-15(20)8-10-16)18(23)13-27-19(24)11-6-14-4-3-5-17(12-14)22(25)26/h3-12H,2,13H2,1H3/b11-6+. The summed E-state index contributed by atoms with van der Waals surface area (Å²) in [6, 6.07) is 11.1. The summed E-state index contributed by atoms with van der Waals surface area (Å²) in [7, 11) is 0. The number of hydrogen-bond donors (Lipinski definition) is 0. The molecule has 2 aromatic rings. The van der Waals surface area contributed by atoms with Gasteiger partial charge >= 0.3 is 5.97 Å². The van der Waals surface area contributed by atoms with Crippen LogP contribution in [0.15, 0.2) is 54.6 Å². The van der Waals surface area contributed by atoms with Crippen LogP contribution in [0.3, 0.4) is 0 Å². The third kappa shape index (κ3) is 5.74. The molecule has 8 heteroatoms. The average molecular weight is 372 g/mol. The Hall–Kier alpha value is -3.55. The highest BCUT2D eigenvalue weighted by Crippen LogP contribution is 2.16. The van der Waals surface area contributed by atoms with Crippen molar-refractivity contribution in [2.24, 2.45) is 0 Å². The second kappa shape index (κ2) is 9.23. The summed E-state index contributed by atoms with van der Waals surface area (Å²) in [5.41, 5.74) is 0.847. The van der Waals surface area contributed by atoms with E-state index in [-0.39, 0.29) is 5.69 Å². The van der Waals surface area contributed by atoms with E-state index >= 15 is 0 Å². The SMILES string of the molecule is CCN(C(=O)COC(=O)/C=C/c1cccc([N+](=O)[O-])c1)c1ccc(F)cc1. The molecule has 0 atom stereocenters. The predicted octanol–water partition coefficient (Wildman–Crippen LogP) is 3.34. The van der Waals surface area contributed by atoms with Crippen molar-refractivity contribution in [3.8, 4) is 0 Å². The number of hydrogen-bond acceptors (Lipinski definition) is 5. The van der Waals surface area contributed by atoms with Crippen LogP contribution in [0.5, 0.6) is 0 Å². The summed E-state index contributed by atoms with van der Waals surface area (Å²) in [6.45, 7) is 1.58. The van der Waals surface area contributed by atoms with E-state index in [0.29, 0.717) is 17.8 Å². The van der Waals surface area contributed by atoms with Gasteiger partial charge in [0, 0.05) is 30.4 Å². The van der Waals surface area contributed by atoms with Crippen molar-refractivity contribution in [3.63, 3.8) is 0 Å². The third-order valence-corrected chi connectivity index (χ3v) is 3.59. The van der Waals surface area contributed by atoms with Gasteiger partial charge in [0.25, 0.3) is 11.6 Å².